The fourth-order valence-corrected chi connectivity index (χ4v) is 2.23. The molecular weight excluding hydrogens is 367 g/mol. The van der Waals surface area contributed by atoms with Crippen LogP contribution in [0.5, 0.6) is 0 Å². The molecule has 0 atom stereocenters. The summed E-state index contributed by atoms with van der Waals surface area (Å²) in [7, 11) is 1.15. The lowest BCUT2D eigenvalue weighted by Gasteiger charge is -2.22. The van der Waals surface area contributed by atoms with Crippen LogP contribution < -0.4 is 5.69 Å². The van der Waals surface area contributed by atoms with Crippen LogP contribution in [0, 0.1) is 0 Å². The Labute approximate surface area is 152 Å². The second-order valence-corrected chi connectivity index (χ2v) is 5.55. The number of methoxy groups -OCH3 is 1. The molecule has 0 N–H and O–H groups in total. The van der Waals surface area contributed by atoms with Crippen molar-refractivity contribution in [3.63, 3.8) is 0 Å². The maximum absolute atomic E-state index is 12.6. The van der Waals surface area contributed by atoms with Gasteiger partial charge in [0, 0.05) is 18.9 Å². The molecule has 0 radical (unpaired) electrons. The molecule has 1 aromatic carbocycles. The number of hydrogen-bond donors (Lipinski definition) is 0. The zero-order valence-corrected chi connectivity index (χ0v) is 14.3. The Hall–Kier alpha value is -3.17. The van der Waals surface area contributed by atoms with Crippen LogP contribution >= 0.6 is 0 Å². The van der Waals surface area contributed by atoms with Crippen molar-refractivity contribution < 1.29 is 27.5 Å². The average molecular weight is 383 g/mol. The van der Waals surface area contributed by atoms with E-state index in [0.717, 1.165) is 28.7 Å². The van der Waals surface area contributed by atoms with Gasteiger partial charge in [0.2, 0.25) is 5.91 Å². The van der Waals surface area contributed by atoms with Gasteiger partial charge in [0.15, 0.2) is 0 Å². The third-order valence-electron chi connectivity index (χ3n) is 3.64. The number of hydrogen-bond acceptors (Lipinski definition) is 5. The van der Waals surface area contributed by atoms with Gasteiger partial charge in [-0.05, 0) is 23.8 Å². The third kappa shape index (κ3) is 5.66. The smallest absolute Gasteiger partial charge is 0.416 e. The van der Waals surface area contributed by atoms with Gasteiger partial charge in [0.1, 0.15) is 13.1 Å². The average Bonchev–Trinajstić information content (AvgIpc) is 2.62. The number of alkyl halides is 3. The molecule has 0 bridgehead atoms. The molecule has 2 rings (SSSR count). The van der Waals surface area contributed by atoms with Crippen LogP contribution in [0.15, 0.2) is 47.5 Å². The summed E-state index contributed by atoms with van der Waals surface area (Å²) >= 11 is 0. The zero-order valence-electron chi connectivity index (χ0n) is 14.3. The number of aromatic nitrogens is 2. The molecule has 0 aliphatic heterocycles. The van der Waals surface area contributed by atoms with Crippen molar-refractivity contribution >= 4 is 11.9 Å². The molecule has 0 fully saturated rings. The van der Waals surface area contributed by atoms with Crippen LogP contribution in [0.2, 0.25) is 0 Å². The summed E-state index contributed by atoms with van der Waals surface area (Å²) in [5.74, 6) is -1.29. The highest BCUT2D eigenvalue weighted by Gasteiger charge is 2.30. The number of ether oxygens (including phenoxy) is 1. The molecule has 10 heteroatoms. The molecule has 0 aliphatic carbocycles. The van der Waals surface area contributed by atoms with Gasteiger partial charge >= 0.3 is 17.8 Å². The van der Waals surface area contributed by atoms with Gasteiger partial charge in [-0.15, -0.1) is 0 Å². The molecule has 0 spiro atoms. The summed E-state index contributed by atoms with van der Waals surface area (Å²) in [6.07, 6.45) is -1.83. The Morgan fingerprint density at radius 1 is 1.22 bits per heavy atom. The SMILES string of the molecule is COC(=O)CN(Cc1ccc(C(F)(F)F)cc1)C(=O)Cn1cccnc1=O. The molecule has 2 aromatic rings. The topological polar surface area (TPSA) is 81.5 Å². The lowest BCUT2D eigenvalue weighted by molar-refractivity contribution is -0.147. The van der Waals surface area contributed by atoms with Gasteiger partial charge in [0.05, 0.1) is 12.7 Å². The van der Waals surface area contributed by atoms with Crippen LogP contribution in [0.25, 0.3) is 0 Å². The van der Waals surface area contributed by atoms with Gasteiger partial charge < -0.3 is 9.64 Å². The van der Waals surface area contributed by atoms with E-state index >= 15 is 0 Å². The maximum Gasteiger partial charge on any atom is 0.416 e. The van der Waals surface area contributed by atoms with Crippen LogP contribution in [-0.4, -0.2) is 40.0 Å². The Morgan fingerprint density at radius 2 is 1.89 bits per heavy atom. The first-order valence-electron chi connectivity index (χ1n) is 7.73. The summed E-state index contributed by atoms with van der Waals surface area (Å²) in [6, 6.07) is 5.69. The van der Waals surface area contributed by atoms with Crippen molar-refractivity contribution in [1.82, 2.24) is 14.5 Å². The lowest BCUT2D eigenvalue weighted by Crippen LogP contribution is -2.39. The minimum absolute atomic E-state index is 0.124. The van der Waals surface area contributed by atoms with Crippen LogP contribution in [0.4, 0.5) is 13.2 Å². The van der Waals surface area contributed by atoms with Crippen LogP contribution in [0.1, 0.15) is 11.1 Å². The Kier molecular flexibility index (Phi) is 6.32. The Bertz CT molecular complexity index is 863. The minimum Gasteiger partial charge on any atom is -0.468 e. The first kappa shape index (κ1) is 20.1. The van der Waals surface area contributed by atoms with E-state index in [-0.39, 0.29) is 13.1 Å². The predicted molar refractivity (Wildman–Crippen MR) is 87.4 cm³/mol. The molecule has 0 aliphatic rings. The molecule has 0 saturated carbocycles. The molecular formula is C17H16F3N3O4. The summed E-state index contributed by atoms with van der Waals surface area (Å²) in [5.41, 5.74) is -1.07. The highest BCUT2D eigenvalue weighted by atomic mass is 19.4. The van der Waals surface area contributed by atoms with E-state index in [1.54, 1.807) is 0 Å². The van der Waals surface area contributed by atoms with Crippen molar-refractivity contribution in [1.29, 1.82) is 0 Å². The normalized spacial score (nSPS) is 11.1. The van der Waals surface area contributed by atoms with E-state index in [1.807, 2.05) is 0 Å². The number of nitrogens with zero attached hydrogens (tertiary/aromatic N) is 3. The molecule has 0 unspecified atom stereocenters. The minimum atomic E-state index is -4.47. The largest absolute Gasteiger partial charge is 0.468 e. The van der Waals surface area contributed by atoms with Crippen LogP contribution in [0.3, 0.4) is 0 Å². The lowest BCUT2D eigenvalue weighted by atomic mass is 10.1. The number of rotatable bonds is 6. The van der Waals surface area contributed by atoms with Gasteiger partial charge in [0.25, 0.3) is 0 Å². The van der Waals surface area contributed by atoms with Gasteiger partial charge in [-0.3, -0.25) is 14.2 Å². The standard InChI is InChI=1S/C17H16F3N3O4/c1-27-15(25)11-23(14(24)10-22-8-2-7-21-16(22)26)9-12-3-5-13(6-4-12)17(18,19)20/h2-8H,9-11H2,1H3. The fourth-order valence-electron chi connectivity index (χ4n) is 2.23. The van der Waals surface area contributed by atoms with E-state index in [1.165, 1.54) is 30.6 Å². The molecule has 1 amide bonds. The zero-order chi connectivity index (χ0) is 20.0. The molecule has 7 nitrogen and oxygen atoms in total. The van der Waals surface area contributed by atoms with Crippen molar-refractivity contribution in [2.24, 2.45) is 0 Å². The van der Waals surface area contributed by atoms with E-state index in [4.69, 9.17) is 0 Å². The first-order valence-corrected chi connectivity index (χ1v) is 7.73. The second-order valence-electron chi connectivity index (χ2n) is 5.55. The molecule has 1 aromatic heterocycles. The molecule has 144 valence electrons. The number of carbonyl (C=O) groups is 2. The number of amides is 1. The van der Waals surface area contributed by atoms with Crippen molar-refractivity contribution in [3.8, 4) is 0 Å². The number of carbonyl (C=O) groups excluding carboxylic acids is 2. The highest BCUT2D eigenvalue weighted by molar-refractivity contribution is 5.81. The van der Waals surface area contributed by atoms with Crippen molar-refractivity contribution in [2.75, 3.05) is 13.7 Å². The Morgan fingerprint density at radius 3 is 2.44 bits per heavy atom. The maximum atomic E-state index is 12.6. The number of benzene rings is 1. The summed E-state index contributed by atoms with van der Waals surface area (Å²) in [4.78, 5) is 40.3. The monoisotopic (exact) mass is 383 g/mol. The van der Waals surface area contributed by atoms with Crippen molar-refractivity contribution in [2.45, 2.75) is 19.3 Å². The van der Waals surface area contributed by atoms with Gasteiger partial charge in [-0.1, -0.05) is 12.1 Å². The Balaban J connectivity index is 2.18. The quantitative estimate of drug-likeness (QED) is 0.706. The van der Waals surface area contributed by atoms with Gasteiger partial charge in [-0.2, -0.15) is 13.2 Å². The van der Waals surface area contributed by atoms with Gasteiger partial charge in [-0.25, -0.2) is 9.78 Å². The summed E-state index contributed by atoms with van der Waals surface area (Å²) < 4.78 is 43.5. The summed E-state index contributed by atoms with van der Waals surface area (Å²) in [6.45, 7) is -0.906. The van der Waals surface area contributed by atoms with E-state index in [0.29, 0.717) is 5.56 Å². The summed E-state index contributed by atoms with van der Waals surface area (Å²) in [5, 5.41) is 0. The highest BCUT2D eigenvalue weighted by Crippen LogP contribution is 2.29. The van der Waals surface area contributed by atoms with E-state index < -0.39 is 35.9 Å². The fraction of sp³-hybridized carbons (Fsp3) is 0.294. The second kappa shape index (κ2) is 8.47. The van der Waals surface area contributed by atoms with Crippen LogP contribution in [-0.2, 0) is 33.6 Å². The predicted octanol–water partition coefficient (Wildman–Crippen LogP) is 1.46. The molecule has 27 heavy (non-hydrogen) atoms. The van der Waals surface area contributed by atoms with Crippen molar-refractivity contribution in [3.05, 3.63) is 64.3 Å². The molecule has 1 heterocycles. The number of esters is 1. The van der Waals surface area contributed by atoms with E-state index in [9.17, 15) is 27.6 Å². The number of halogens is 3. The molecule has 0 saturated heterocycles. The first-order chi connectivity index (χ1) is 12.7. The van der Waals surface area contributed by atoms with E-state index in [2.05, 4.69) is 9.72 Å². The third-order valence-corrected chi connectivity index (χ3v) is 3.64.